The van der Waals surface area contributed by atoms with E-state index in [1.54, 1.807) is 0 Å². The van der Waals surface area contributed by atoms with Crippen LogP contribution >= 0.6 is 0 Å². The van der Waals surface area contributed by atoms with Crippen LogP contribution in [0.2, 0.25) is 0 Å². The highest BCUT2D eigenvalue weighted by molar-refractivity contribution is 5.78. The van der Waals surface area contributed by atoms with Gasteiger partial charge in [0.25, 0.3) is 0 Å². The van der Waals surface area contributed by atoms with Crippen LogP contribution in [0.25, 0.3) is 0 Å². The molecule has 0 aromatic carbocycles. The van der Waals surface area contributed by atoms with Gasteiger partial charge in [0, 0.05) is 39.6 Å². The largest absolute Gasteiger partial charge is 0.499 e. The van der Waals surface area contributed by atoms with Crippen LogP contribution in [0.3, 0.4) is 0 Å². The molecule has 0 aliphatic heterocycles. The Morgan fingerprint density at radius 2 is 0.662 bits per heavy atom. The van der Waals surface area contributed by atoms with E-state index in [0.717, 1.165) is 77.4 Å². The smallest absolute Gasteiger partial charge is 0.236 e. The Kier molecular flexibility index (Phi) is 63.0. The topological polar surface area (TPSA) is 42.5 Å². The average molecular weight is 967 g/mol. The number of rotatable bonds is 54. The summed E-state index contributed by atoms with van der Waals surface area (Å²) in [5, 5.41) is 0. The first-order chi connectivity index (χ1) is 31.8. The Hall–Kier alpha value is -1.15. The number of amides is 1. The molecule has 0 spiro atoms. The van der Waals surface area contributed by atoms with E-state index >= 15 is 0 Å². The SMILES string of the molecule is C.C.C.C=C(CCCN(CCCCCCCCC)CCCCN(C)CCN(C)C(=O)CN(CCCCCCCCC)CCN(CCCCCCCCC)CCCCCCCCC)OCCCCC. The van der Waals surface area contributed by atoms with E-state index in [4.69, 9.17) is 4.74 Å². The number of unbranched alkanes of at least 4 members (excludes halogenated alkanes) is 27. The van der Waals surface area contributed by atoms with Gasteiger partial charge in [-0.3, -0.25) is 9.69 Å². The van der Waals surface area contributed by atoms with Crippen LogP contribution in [0.1, 0.15) is 282 Å². The summed E-state index contributed by atoms with van der Waals surface area (Å²) in [7, 11) is 4.29. The van der Waals surface area contributed by atoms with E-state index in [-0.39, 0.29) is 22.3 Å². The zero-order valence-corrected chi connectivity index (χ0v) is 45.7. The summed E-state index contributed by atoms with van der Waals surface area (Å²) in [6, 6.07) is 0. The number of carbonyl (C=O) groups excluding carboxylic acids is 1. The van der Waals surface area contributed by atoms with E-state index in [1.165, 1.54) is 232 Å². The highest BCUT2D eigenvalue weighted by Crippen LogP contribution is 2.14. The number of hydrogen-bond donors (Lipinski definition) is 0. The molecule has 0 aliphatic rings. The van der Waals surface area contributed by atoms with Crippen molar-refractivity contribution < 1.29 is 9.53 Å². The first-order valence-corrected chi connectivity index (χ1v) is 29.2. The zero-order valence-electron chi connectivity index (χ0n) is 45.7. The van der Waals surface area contributed by atoms with Gasteiger partial charge in [0.1, 0.15) is 0 Å². The third-order valence-corrected chi connectivity index (χ3v) is 13.9. The van der Waals surface area contributed by atoms with Crippen molar-refractivity contribution in [1.29, 1.82) is 0 Å². The molecule has 0 radical (unpaired) electrons. The summed E-state index contributed by atoms with van der Waals surface area (Å²) >= 11 is 0. The predicted octanol–water partition coefficient (Wildman–Crippen LogP) is 17.5. The Labute approximate surface area is 431 Å². The van der Waals surface area contributed by atoms with Crippen molar-refractivity contribution >= 4 is 5.91 Å². The lowest BCUT2D eigenvalue weighted by atomic mass is 10.1. The van der Waals surface area contributed by atoms with Gasteiger partial charge in [-0.05, 0) is 104 Å². The molecule has 0 saturated carbocycles. The van der Waals surface area contributed by atoms with Gasteiger partial charge in [-0.25, -0.2) is 0 Å². The normalized spacial score (nSPS) is 11.3. The van der Waals surface area contributed by atoms with Gasteiger partial charge in [-0.1, -0.05) is 230 Å². The summed E-state index contributed by atoms with van der Waals surface area (Å²) in [4.78, 5) is 26.3. The number of allylic oxidation sites excluding steroid dienone is 1. The van der Waals surface area contributed by atoms with Gasteiger partial charge in [0.2, 0.25) is 5.91 Å². The van der Waals surface area contributed by atoms with Crippen molar-refractivity contribution in [2.24, 2.45) is 0 Å². The van der Waals surface area contributed by atoms with Crippen molar-refractivity contribution in [1.82, 2.24) is 24.5 Å². The summed E-state index contributed by atoms with van der Waals surface area (Å²) in [5.41, 5.74) is 0. The molecule has 0 N–H and O–H groups in total. The zero-order chi connectivity index (χ0) is 47.7. The molecule has 0 aliphatic carbocycles. The molecule has 0 aromatic rings. The molecule has 7 heteroatoms. The maximum Gasteiger partial charge on any atom is 0.236 e. The van der Waals surface area contributed by atoms with Gasteiger partial charge >= 0.3 is 0 Å². The van der Waals surface area contributed by atoms with E-state index in [0.29, 0.717) is 12.5 Å². The molecule has 0 aromatic heterocycles. The standard InChI is InChI=1S/C58H119N5O2.3CH4/c1-9-14-19-23-27-31-35-45-61(50-42-43-57(6)65-55-41-18-13-5)48-40-39-44-59(7)51-52-60(8)58(64)56-63(49-38-34-30-26-22-17-12-4)54-53-62(46-36-32-28-24-20-15-10-2)47-37-33-29-25-21-16-11-3;;;/h6,9-56H2,1-5,7-8H3;3*1H4. The lowest BCUT2D eigenvalue weighted by Gasteiger charge is -2.29. The van der Waals surface area contributed by atoms with Crippen molar-refractivity contribution in [3.63, 3.8) is 0 Å². The molecular formula is C61H131N5O2. The van der Waals surface area contributed by atoms with Crippen LogP contribution in [0.15, 0.2) is 12.3 Å². The molecule has 68 heavy (non-hydrogen) atoms. The van der Waals surface area contributed by atoms with Crippen molar-refractivity contribution in [3.8, 4) is 0 Å². The third-order valence-electron chi connectivity index (χ3n) is 13.9. The van der Waals surface area contributed by atoms with Crippen molar-refractivity contribution in [2.45, 2.75) is 282 Å². The van der Waals surface area contributed by atoms with Gasteiger partial charge in [0.05, 0.1) is 18.9 Å². The second-order valence-corrected chi connectivity index (χ2v) is 20.5. The summed E-state index contributed by atoms with van der Waals surface area (Å²) in [6.07, 6.45) is 46.1. The van der Waals surface area contributed by atoms with Crippen LogP contribution in [0.5, 0.6) is 0 Å². The van der Waals surface area contributed by atoms with Crippen LogP contribution in [-0.4, -0.2) is 130 Å². The number of ether oxygens (including phenoxy) is 1. The number of hydrogen-bond acceptors (Lipinski definition) is 6. The molecule has 0 unspecified atom stereocenters. The molecule has 0 atom stereocenters. The van der Waals surface area contributed by atoms with Crippen LogP contribution in [-0.2, 0) is 9.53 Å². The molecule has 0 heterocycles. The first kappa shape index (κ1) is 73.4. The minimum atomic E-state index is 0. The molecule has 0 rings (SSSR count). The van der Waals surface area contributed by atoms with Crippen LogP contribution in [0, 0.1) is 0 Å². The monoisotopic (exact) mass is 966 g/mol. The molecule has 0 bridgehead atoms. The Morgan fingerprint density at radius 1 is 0.353 bits per heavy atom. The molecule has 1 amide bonds. The van der Waals surface area contributed by atoms with Crippen molar-refractivity contribution in [2.75, 3.05) is 99.2 Å². The molecule has 7 nitrogen and oxygen atoms in total. The quantitative estimate of drug-likeness (QED) is 0.0447. The maximum absolute atomic E-state index is 13.8. The highest BCUT2D eigenvalue weighted by atomic mass is 16.5. The first-order valence-electron chi connectivity index (χ1n) is 29.2. The predicted molar refractivity (Wildman–Crippen MR) is 310 cm³/mol. The maximum atomic E-state index is 13.8. The summed E-state index contributed by atoms with van der Waals surface area (Å²) in [5.74, 6) is 1.26. The lowest BCUT2D eigenvalue weighted by molar-refractivity contribution is -0.131. The molecule has 0 fully saturated rings. The average Bonchev–Trinajstić information content (AvgIpc) is 3.30. The lowest BCUT2D eigenvalue weighted by Crippen LogP contribution is -2.44. The fourth-order valence-corrected chi connectivity index (χ4v) is 9.12. The highest BCUT2D eigenvalue weighted by Gasteiger charge is 2.17. The van der Waals surface area contributed by atoms with Gasteiger partial charge in [-0.2, -0.15) is 0 Å². The molecule has 412 valence electrons. The van der Waals surface area contributed by atoms with Gasteiger partial charge in [-0.15, -0.1) is 0 Å². The third kappa shape index (κ3) is 51.2. The van der Waals surface area contributed by atoms with Gasteiger partial charge < -0.3 is 24.3 Å². The van der Waals surface area contributed by atoms with E-state index < -0.39 is 0 Å². The Morgan fingerprint density at radius 3 is 1.09 bits per heavy atom. The second-order valence-electron chi connectivity index (χ2n) is 20.5. The summed E-state index contributed by atoms with van der Waals surface area (Å²) < 4.78 is 5.93. The number of carbonyl (C=O) groups is 1. The van der Waals surface area contributed by atoms with E-state index in [1.807, 2.05) is 11.9 Å². The summed E-state index contributed by atoms with van der Waals surface area (Å²) in [6.45, 7) is 29.0. The fourth-order valence-electron chi connectivity index (χ4n) is 9.12. The van der Waals surface area contributed by atoms with E-state index in [2.05, 4.69) is 67.8 Å². The minimum Gasteiger partial charge on any atom is -0.499 e. The fraction of sp³-hybridized carbons (Fsp3) is 0.951. The minimum absolute atomic E-state index is 0. The number of likely N-dealkylation sites (N-methyl/N-ethyl adjacent to an activating group) is 2. The second kappa shape index (κ2) is 58.4. The molecular weight excluding hydrogens is 835 g/mol. The Balaban J connectivity index is -0.00000683. The van der Waals surface area contributed by atoms with Gasteiger partial charge in [0.15, 0.2) is 0 Å². The van der Waals surface area contributed by atoms with Crippen LogP contribution in [0.4, 0.5) is 0 Å². The van der Waals surface area contributed by atoms with Crippen molar-refractivity contribution in [3.05, 3.63) is 12.3 Å². The molecule has 0 saturated heterocycles. The van der Waals surface area contributed by atoms with E-state index in [9.17, 15) is 4.79 Å². The van der Waals surface area contributed by atoms with Crippen LogP contribution < -0.4 is 0 Å². The Bertz CT molecular complexity index is 962. The number of nitrogens with zero attached hydrogens (tertiary/aromatic N) is 5.